The van der Waals surface area contributed by atoms with Gasteiger partial charge in [0, 0.05) is 17.2 Å². The second-order valence-corrected chi connectivity index (χ2v) is 3.77. The SMILES string of the molecule is CCOCSc1ccc(N)c(C)c1. The van der Waals surface area contributed by atoms with Crippen molar-refractivity contribution < 1.29 is 4.74 Å². The molecule has 0 fully saturated rings. The molecule has 0 aliphatic heterocycles. The summed E-state index contributed by atoms with van der Waals surface area (Å²) in [5.41, 5.74) is 7.68. The van der Waals surface area contributed by atoms with E-state index in [0.717, 1.165) is 17.9 Å². The van der Waals surface area contributed by atoms with Gasteiger partial charge < -0.3 is 10.5 Å². The molecule has 1 rings (SSSR count). The molecule has 1 aromatic carbocycles. The zero-order chi connectivity index (χ0) is 9.68. The molecule has 72 valence electrons. The molecule has 0 unspecified atom stereocenters. The molecule has 3 heteroatoms. The Morgan fingerprint density at radius 3 is 2.85 bits per heavy atom. The van der Waals surface area contributed by atoms with Crippen molar-refractivity contribution in [3.63, 3.8) is 0 Å². The summed E-state index contributed by atoms with van der Waals surface area (Å²) < 4.78 is 5.24. The Bertz CT molecular complexity index is 276. The summed E-state index contributed by atoms with van der Waals surface area (Å²) in [6.45, 7) is 4.77. The third-order valence-corrected chi connectivity index (χ3v) is 2.63. The number of rotatable bonds is 4. The quantitative estimate of drug-likeness (QED) is 0.349. The largest absolute Gasteiger partial charge is 0.399 e. The number of aryl methyl sites for hydroxylation is 1. The normalized spacial score (nSPS) is 10.3. The molecule has 13 heavy (non-hydrogen) atoms. The van der Waals surface area contributed by atoms with E-state index in [1.165, 1.54) is 4.90 Å². The number of ether oxygens (including phenoxy) is 1. The molecule has 0 atom stereocenters. The first-order valence-corrected chi connectivity index (χ1v) is 5.29. The number of anilines is 1. The fraction of sp³-hybridized carbons (Fsp3) is 0.400. The number of hydrogen-bond acceptors (Lipinski definition) is 3. The van der Waals surface area contributed by atoms with Gasteiger partial charge in [-0.25, -0.2) is 0 Å². The van der Waals surface area contributed by atoms with Gasteiger partial charge in [-0.2, -0.15) is 0 Å². The molecule has 0 heterocycles. The van der Waals surface area contributed by atoms with Crippen molar-refractivity contribution in [1.82, 2.24) is 0 Å². The van der Waals surface area contributed by atoms with Gasteiger partial charge in [0.2, 0.25) is 0 Å². The Labute approximate surface area is 83.5 Å². The second kappa shape index (κ2) is 5.14. The first-order valence-electron chi connectivity index (χ1n) is 4.30. The van der Waals surface area contributed by atoms with E-state index in [1.807, 2.05) is 26.0 Å². The molecule has 0 spiro atoms. The molecule has 2 N–H and O–H groups in total. The lowest BCUT2D eigenvalue weighted by Crippen LogP contribution is -1.91. The monoisotopic (exact) mass is 197 g/mol. The van der Waals surface area contributed by atoms with E-state index >= 15 is 0 Å². The standard InChI is InChI=1S/C10H15NOS/c1-3-12-7-13-9-4-5-10(11)8(2)6-9/h4-6H,3,7,11H2,1-2H3. The molecule has 0 saturated carbocycles. The predicted molar refractivity (Wildman–Crippen MR) is 57.9 cm³/mol. The van der Waals surface area contributed by atoms with Crippen LogP contribution in [0.4, 0.5) is 5.69 Å². The summed E-state index contributed by atoms with van der Waals surface area (Å²) in [6.07, 6.45) is 0. The van der Waals surface area contributed by atoms with Gasteiger partial charge in [-0.15, -0.1) is 0 Å². The highest BCUT2D eigenvalue weighted by Gasteiger charge is 1.96. The Morgan fingerprint density at radius 1 is 1.46 bits per heavy atom. The van der Waals surface area contributed by atoms with Crippen molar-refractivity contribution in [3.8, 4) is 0 Å². The van der Waals surface area contributed by atoms with E-state index in [4.69, 9.17) is 10.5 Å². The van der Waals surface area contributed by atoms with E-state index in [1.54, 1.807) is 11.8 Å². The molecule has 0 aliphatic rings. The number of nitrogens with two attached hydrogens (primary N) is 1. The molecular weight excluding hydrogens is 182 g/mol. The van der Waals surface area contributed by atoms with Crippen LogP contribution in [0.15, 0.2) is 23.1 Å². The molecule has 1 aromatic rings. The minimum absolute atomic E-state index is 0.708. The van der Waals surface area contributed by atoms with Crippen LogP contribution in [0.2, 0.25) is 0 Å². The third kappa shape index (κ3) is 3.28. The first kappa shape index (κ1) is 10.4. The summed E-state index contributed by atoms with van der Waals surface area (Å²) in [5, 5.41) is 0. The molecular formula is C10H15NOS. The van der Waals surface area contributed by atoms with Crippen molar-refractivity contribution >= 4 is 17.4 Å². The number of benzene rings is 1. The van der Waals surface area contributed by atoms with Gasteiger partial charge in [-0.3, -0.25) is 0 Å². The number of hydrogen-bond donors (Lipinski definition) is 1. The van der Waals surface area contributed by atoms with Crippen LogP contribution in [0.25, 0.3) is 0 Å². The van der Waals surface area contributed by atoms with Crippen molar-refractivity contribution in [3.05, 3.63) is 23.8 Å². The summed E-state index contributed by atoms with van der Waals surface area (Å²) >= 11 is 1.69. The summed E-state index contributed by atoms with van der Waals surface area (Å²) in [4.78, 5) is 1.21. The number of thioether (sulfide) groups is 1. The first-order chi connectivity index (χ1) is 6.24. The van der Waals surface area contributed by atoms with Crippen molar-refractivity contribution in [2.75, 3.05) is 18.3 Å². The smallest absolute Gasteiger partial charge is 0.0966 e. The van der Waals surface area contributed by atoms with E-state index in [-0.39, 0.29) is 0 Å². The lowest BCUT2D eigenvalue weighted by Gasteiger charge is -2.04. The highest BCUT2D eigenvalue weighted by atomic mass is 32.2. The van der Waals surface area contributed by atoms with E-state index < -0.39 is 0 Å². The zero-order valence-corrected chi connectivity index (χ0v) is 8.86. The molecule has 0 amide bonds. The zero-order valence-electron chi connectivity index (χ0n) is 8.04. The van der Waals surface area contributed by atoms with E-state index in [0.29, 0.717) is 5.94 Å². The molecule has 0 bridgehead atoms. The number of nitrogen functional groups attached to an aromatic ring is 1. The van der Waals surface area contributed by atoms with Gasteiger partial charge in [-0.05, 0) is 37.6 Å². The molecule has 0 aliphatic carbocycles. The Hall–Kier alpha value is -0.670. The molecule has 0 saturated heterocycles. The maximum atomic E-state index is 5.70. The summed E-state index contributed by atoms with van der Waals surface area (Å²) in [6, 6.07) is 6.04. The predicted octanol–water partition coefficient (Wildman–Crippen LogP) is 2.66. The van der Waals surface area contributed by atoms with Crippen LogP contribution in [0.3, 0.4) is 0 Å². The maximum Gasteiger partial charge on any atom is 0.0966 e. The van der Waals surface area contributed by atoms with Crippen LogP contribution in [0.5, 0.6) is 0 Å². The average Bonchev–Trinajstić information content (AvgIpc) is 2.12. The van der Waals surface area contributed by atoms with Gasteiger partial charge in [-0.1, -0.05) is 11.8 Å². The third-order valence-electron chi connectivity index (χ3n) is 1.75. The molecule has 2 nitrogen and oxygen atoms in total. The maximum absolute atomic E-state index is 5.70. The van der Waals surface area contributed by atoms with Crippen LogP contribution in [0.1, 0.15) is 12.5 Å². The highest BCUT2D eigenvalue weighted by Crippen LogP contribution is 2.22. The topological polar surface area (TPSA) is 35.2 Å². The van der Waals surface area contributed by atoms with Crippen LogP contribution in [0, 0.1) is 6.92 Å². The second-order valence-electron chi connectivity index (χ2n) is 2.77. The molecule has 0 radical (unpaired) electrons. The average molecular weight is 197 g/mol. The highest BCUT2D eigenvalue weighted by molar-refractivity contribution is 7.99. The van der Waals surface area contributed by atoms with Gasteiger partial charge >= 0.3 is 0 Å². The summed E-state index contributed by atoms with van der Waals surface area (Å²) in [5.74, 6) is 0.708. The van der Waals surface area contributed by atoms with Gasteiger partial charge in [0.15, 0.2) is 0 Å². The van der Waals surface area contributed by atoms with E-state index in [9.17, 15) is 0 Å². The van der Waals surface area contributed by atoms with Gasteiger partial charge in [0.1, 0.15) is 0 Å². The van der Waals surface area contributed by atoms with E-state index in [2.05, 4.69) is 6.07 Å². The van der Waals surface area contributed by atoms with Gasteiger partial charge in [0.05, 0.1) is 5.94 Å². The van der Waals surface area contributed by atoms with Gasteiger partial charge in [0.25, 0.3) is 0 Å². The fourth-order valence-corrected chi connectivity index (χ4v) is 1.74. The van der Waals surface area contributed by atoms with Crippen LogP contribution >= 0.6 is 11.8 Å². The lowest BCUT2D eigenvalue weighted by atomic mass is 10.2. The Morgan fingerprint density at radius 2 is 2.23 bits per heavy atom. The lowest BCUT2D eigenvalue weighted by molar-refractivity contribution is 0.199. The van der Waals surface area contributed by atoms with Crippen LogP contribution in [-0.2, 0) is 4.74 Å². The Balaban J connectivity index is 2.53. The fourth-order valence-electron chi connectivity index (χ4n) is 0.931. The minimum Gasteiger partial charge on any atom is -0.399 e. The van der Waals surface area contributed by atoms with Crippen molar-refractivity contribution in [2.24, 2.45) is 0 Å². The minimum atomic E-state index is 0.708. The molecule has 0 aromatic heterocycles. The Kier molecular flexibility index (Phi) is 4.12. The van der Waals surface area contributed by atoms with Crippen LogP contribution in [-0.4, -0.2) is 12.5 Å². The van der Waals surface area contributed by atoms with Crippen molar-refractivity contribution in [2.45, 2.75) is 18.7 Å². The van der Waals surface area contributed by atoms with Crippen molar-refractivity contribution in [1.29, 1.82) is 0 Å². The summed E-state index contributed by atoms with van der Waals surface area (Å²) in [7, 11) is 0. The van der Waals surface area contributed by atoms with Crippen LogP contribution < -0.4 is 5.73 Å².